The van der Waals surface area contributed by atoms with Crippen LogP contribution < -0.4 is 16.0 Å². The Balaban J connectivity index is 1.47. The highest BCUT2D eigenvalue weighted by molar-refractivity contribution is 5.75. The van der Waals surface area contributed by atoms with E-state index in [9.17, 15) is 41.4 Å². The molecule has 2 aliphatic rings. The molecule has 2 aromatic rings. The van der Waals surface area contributed by atoms with Gasteiger partial charge in [-0.05, 0) is 31.4 Å². The minimum atomic E-state index is -6.00. The summed E-state index contributed by atoms with van der Waals surface area (Å²) >= 11 is 0. The lowest BCUT2D eigenvalue weighted by Gasteiger charge is -2.35. The summed E-state index contributed by atoms with van der Waals surface area (Å²) in [6, 6.07) is 2.95. The number of carbonyl (C=O) groups is 1. The number of rotatable bonds is 10. The zero-order chi connectivity index (χ0) is 30.2. The summed E-state index contributed by atoms with van der Waals surface area (Å²) in [6.45, 7) is 0.856. The molecule has 1 saturated carbocycles. The molecule has 1 aromatic carbocycles. The third-order valence-corrected chi connectivity index (χ3v) is 7.29. The van der Waals surface area contributed by atoms with Gasteiger partial charge in [-0.15, -0.1) is 0 Å². The van der Waals surface area contributed by atoms with Crippen LogP contribution in [0.25, 0.3) is 0 Å². The Labute approximate surface area is 230 Å². The number of aliphatic hydroxyl groups is 2. The first-order valence-electron chi connectivity index (χ1n) is 12.8. The van der Waals surface area contributed by atoms with Crippen molar-refractivity contribution in [3.8, 4) is 0 Å². The van der Waals surface area contributed by atoms with Crippen LogP contribution >= 0.6 is 0 Å². The molecule has 1 aliphatic carbocycles. The summed E-state index contributed by atoms with van der Waals surface area (Å²) < 4.78 is 94.8. The third-order valence-electron chi connectivity index (χ3n) is 7.29. The fraction of sp³-hybridized carbons (Fsp3) is 0.560. The zero-order valence-corrected chi connectivity index (χ0v) is 21.6. The number of nitrogens with one attached hydrogen (secondary N) is 1. The van der Waals surface area contributed by atoms with Gasteiger partial charge < -0.3 is 26.2 Å². The van der Waals surface area contributed by atoms with Crippen LogP contribution in [0.1, 0.15) is 30.4 Å². The molecule has 5 N–H and O–H groups in total. The number of likely N-dealkylation sites (tertiary alicyclic amines) is 1. The van der Waals surface area contributed by atoms with Gasteiger partial charge in [-0.1, -0.05) is 24.3 Å². The second kappa shape index (κ2) is 11.6. The Morgan fingerprint density at radius 1 is 1.07 bits per heavy atom. The van der Waals surface area contributed by atoms with Crippen LogP contribution in [-0.2, 0) is 16.9 Å². The summed E-state index contributed by atoms with van der Waals surface area (Å²) in [6.07, 6.45) is -9.82. The first kappa shape index (κ1) is 30.7. The molecule has 1 amide bonds. The van der Waals surface area contributed by atoms with Gasteiger partial charge in [0.15, 0.2) is 11.6 Å². The van der Waals surface area contributed by atoms with Gasteiger partial charge in [-0.3, -0.25) is 9.69 Å². The summed E-state index contributed by atoms with van der Waals surface area (Å²) in [5.74, 6) is -1.82. The van der Waals surface area contributed by atoms with Crippen LogP contribution in [0, 0.1) is 11.7 Å². The highest BCUT2D eigenvalue weighted by Crippen LogP contribution is 2.50. The molecule has 1 aliphatic heterocycles. The molecule has 2 unspecified atom stereocenters. The molecule has 0 radical (unpaired) electrons. The van der Waals surface area contributed by atoms with Crippen molar-refractivity contribution in [3.63, 3.8) is 0 Å². The van der Waals surface area contributed by atoms with E-state index in [0.29, 0.717) is 37.9 Å². The average Bonchev–Trinajstić information content (AvgIpc) is 3.71. The lowest BCUT2D eigenvalue weighted by atomic mass is 9.91. The maximum Gasteiger partial charge on any atom is 0.430 e. The predicted molar refractivity (Wildman–Crippen MR) is 132 cm³/mol. The lowest BCUT2D eigenvalue weighted by molar-refractivity contribution is -0.376. The number of carbonyl (C=O) groups excluding carboxylic acids is 1. The van der Waals surface area contributed by atoms with Crippen LogP contribution in [0.5, 0.6) is 0 Å². The van der Waals surface area contributed by atoms with Gasteiger partial charge >= 0.3 is 12.4 Å². The lowest BCUT2D eigenvalue weighted by Crippen LogP contribution is -2.53. The molecular formula is C25H29F7N6O3. The molecule has 9 nitrogen and oxygen atoms in total. The van der Waals surface area contributed by atoms with Crippen LogP contribution in [-0.4, -0.2) is 81.7 Å². The van der Waals surface area contributed by atoms with E-state index in [1.807, 2.05) is 0 Å². The fourth-order valence-corrected chi connectivity index (χ4v) is 4.86. The maximum atomic E-state index is 15.5. The molecule has 41 heavy (non-hydrogen) atoms. The number of nitrogens with zero attached hydrogens (tertiary/aromatic N) is 4. The van der Waals surface area contributed by atoms with E-state index >= 15 is 4.39 Å². The first-order valence-corrected chi connectivity index (χ1v) is 12.8. The van der Waals surface area contributed by atoms with Gasteiger partial charge in [0.25, 0.3) is 5.60 Å². The number of aromatic nitrogens is 2. The predicted octanol–water partition coefficient (Wildman–Crippen LogP) is 2.68. The van der Waals surface area contributed by atoms with Crippen molar-refractivity contribution in [3.05, 3.63) is 47.5 Å². The van der Waals surface area contributed by atoms with E-state index < -0.39 is 41.3 Å². The SMILES string of the molecule is NC(=O)CN1CCC(CNc2ncnc(N(Cc3ccc(C(O)(C(F)(F)F)C(F)(F)F)cc3)C3CC3)c2F)C(O)C1. The van der Waals surface area contributed by atoms with Crippen LogP contribution in [0.15, 0.2) is 30.6 Å². The largest absolute Gasteiger partial charge is 0.430 e. The number of amides is 1. The molecule has 2 atom stereocenters. The molecule has 2 fully saturated rings. The van der Waals surface area contributed by atoms with Gasteiger partial charge in [0, 0.05) is 37.2 Å². The van der Waals surface area contributed by atoms with E-state index in [0.717, 1.165) is 18.5 Å². The molecule has 16 heteroatoms. The number of hydrogen-bond donors (Lipinski definition) is 4. The van der Waals surface area contributed by atoms with Crippen molar-refractivity contribution in [2.24, 2.45) is 11.7 Å². The van der Waals surface area contributed by atoms with E-state index in [1.165, 1.54) is 0 Å². The summed E-state index contributed by atoms with van der Waals surface area (Å²) in [5, 5.41) is 22.9. The quantitative estimate of drug-likeness (QED) is 0.310. The van der Waals surface area contributed by atoms with E-state index in [-0.39, 0.29) is 55.3 Å². The van der Waals surface area contributed by atoms with Gasteiger partial charge in [0.2, 0.25) is 11.7 Å². The number of primary amides is 1. The number of benzene rings is 1. The molecule has 1 aromatic heterocycles. The summed E-state index contributed by atoms with van der Waals surface area (Å²) in [7, 11) is 0. The first-order chi connectivity index (χ1) is 19.1. The van der Waals surface area contributed by atoms with E-state index in [4.69, 9.17) is 5.73 Å². The third kappa shape index (κ3) is 6.64. The van der Waals surface area contributed by atoms with Crippen LogP contribution in [0.3, 0.4) is 0 Å². The molecule has 4 rings (SSSR count). The van der Waals surface area contributed by atoms with Crippen molar-refractivity contribution in [2.45, 2.75) is 55.9 Å². The number of alkyl halides is 6. The minimum absolute atomic E-state index is 0.0202. The molecule has 226 valence electrons. The second-order valence-corrected chi connectivity index (χ2v) is 10.3. The standard InChI is InChI=1S/C25H29F7N6O3/c26-20-21(34-9-15-7-8-37(11-18(15)39)12-19(33)40)35-13-36-22(20)38(17-5-6-17)10-14-1-3-16(4-2-14)23(41,24(27,28)29)25(30,31)32/h1-4,13,15,17-18,39,41H,5-12H2,(H2,33,40)(H,34,35,36). The number of anilines is 2. The monoisotopic (exact) mass is 594 g/mol. The van der Waals surface area contributed by atoms with Gasteiger partial charge in [0.05, 0.1) is 12.6 Å². The van der Waals surface area contributed by atoms with Crippen molar-refractivity contribution >= 4 is 17.5 Å². The Morgan fingerprint density at radius 3 is 2.24 bits per heavy atom. The summed E-state index contributed by atoms with van der Waals surface area (Å²) in [4.78, 5) is 22.4. The highest BCUT2D eigenvalue weighted by Gasteiger charge is 2.71. The molecule has 1 saturated heterocycles. The van der Waals surface area contributed by atoms with Crippen molar-refractivity contribution in [1.29, 1.82) is 0 Å². The normalized spacial score (nSPS) is 20.6. The zero-order valence-electron chi connectivity index (χ0n) is 21.6. The average molecular weight is 595 g/mol. The maximum absolute atomic E-state index is 15.5. The molecule has 0 spiro atoms. The Bertz CT molecular complexity index is 1210. The topological polar surface area (TPSA) is 128 Å². The van der Waals surface area contributed by atoms with Gasteiger partial charge in [0.1, 0.15) is 6.33 Å². The number of piperidine rings is 1. The van der Waals surface area contributed by atoms with E-state index in [2.05, 4.69) is 15.3 Å². The number of β-amino-alcohol motifs (C(OH)–C–C–N with tert-alkyl or cyclic N) is 1. The second-order valence-electron chi connectivity index (χ2n) is 10.3. The Kier molecular flexibility index (Phi) is 8.66. The molecule has 0 bridgehead atoms. The van der Waals surface area contributed by atoms with Crippen LogP contribution in [0.2, 0.25) is 0 Å². The Morgan fingerprint density at radius 2 is 1.71 bits per heavy atom. The van der Waals surface area contributed by atoms with Gasteiger partial charge in [-0.25, -0.2) is 9.97 Å². The highest BCUT2D eigenvalue weighted by atomic mass is 19.4. The van der Waals surface area contributed by atoms with E-state index in [1.54, 1.807) is 9.80 Å². The molecule has 2 heterocycles. The summed E-state index contributed by atoms with van der Waals surface area (Å²) in [5.41, 5.74) is -0.964. The minimum Gasteiger partial charge on any atom is -0.391 e. The van der Waals surface area contributed by atoms with Crippen LogP contribution in [0.4, 0.5) is 42.4 Å². The smallest absolute Gasteiger partial charge is 0.391 e. The fourth-order valence-electron chi connectivity index (χ4n) is 4.86. The van der Waals surface area contributed by atoms with Crippen molar-refractivity contribution in [1.82, 2.24) is 14.9 Å². The Hall–Kier alpha value is -3.24. The number of aliphatic hydroxyl groups excluding tert-OH is 1. The molecular weight excluding hydrogens is 565 g/mol. The van der Waals surface area contributed by atoms with Crippen molar-refractivity contribution in [2.75, 3.05) is 36.4 Å². The number of hydrogen-bond acceptors (Lipinski definition) is 8. The van der Waals surface area contributed by atoms with Crippen molar-refractivity contribution < 1.29 is 45.7 Å². The number of halogens is 7. The number of nitrogens with two attached hydrogens (primary N) is 1. The van der Waals surface area contributed by atoms with Gasteiger partial charge in [-0.2, -0.15) is 30.7 Å².